The van der Waals surface area contributed by atoms with Crippen molar-refractivity contribution in [3.8, 4) is 0 Å². The fraction of sp³-hybridized carbons (Fsp3) is 0.750. The van der Waals surface area contributed by atoms with Gasteiger partial charge in [-0.1, -0.05) is 6.42 Å². The van der Waals surface area contributed by atoms with Crippen molar-refractivity contribution in [3.63, 3.8) is 0 Å². The van der Waals surface area contributed by atoms with Crippen LogP contribution >= 0.6 is 0 Å². The molecular weight excluding hydrogens is 340 g/mol. The maximum absolute atomic E-state index is 12.3. The van der Waals surface area contributed by atoms with E-state index in [9.17, 15) is 19.2 Å². The van der Waals surface area contributed by atoms with Gasteiger partial charge in [-0.3, -0.25) is 14.4 Å². The lowest BCUT2D eigenvalue weighted by Gasteiger charge is -2.20. The van der Waals surface area contributed by atoms with Crippen LogP contribution in [0.3, 0.4) is 0 Å². The minimum Gasteiger partial charge on any atom is -0.348 e. The number of nitrogens with two attached hydrogens (primary N) is 3. The normalized spacial score (nSPS) is 12.7. The van der Waals surface area contributed by atoms with Crippen LogP contribution in [0.2, 0.25) is 0 Å². The molecule has 0 bridgehead atoms. The van der Waals surface area contributed by atoms with E-state index in [0.717, 1.165) is 12.8 Å². The summed E-state index contributed by atoms with van der Waals surface area (Å²) in [5.41, 5.74) is 16.7. The highest BCUT2D eigenvalue weighted by Gasteiger charge is 2.23. The summed E-state index contributed by atoms with van der Waals surface area (Å²) in [6.07, 6.45) is 4.27. The Morgan fingerprint density at radius 2 is 1.50 bits per heavy atom. The van der Waals surface area contributed by atoms with Crippen molar-refractivity contribution < 1.29 is 19.2 Å². The van der Waals surface area contributed by atoms with Gasteiger partial charge in [0.1, 0.15) is 12.3 Å². The summed E-state index contributed by atoms with van der Waals surface area (Å²) in [6.45, 7) is 0.612. The SMILES string of the molecule is NCCCC[C@H](NC(=O)[C@@H](N)CCCCN)C(=O)NCC(=O)NCC=O. The van der Waals surface area contributed by atoms with Gasteiger partial charge in [-0.25, -0.2) is 0 Å². The van der Waals surface area contributed by atoms with Gasteiger partial charge in [-0.15, -0.1) is 0 Å². The van der Waals surface area contributed by atoms with Crippen molar-refractivity contribution in [2.75, 3.05) is 26.2 Å². The van der Waals surface area contributed by atoms with Gasteiger partial charge in [0.15, 0.2) is 0 Å². The molecule has 9 N–H and O–H groups in total. The molecule has 0 fully saturated rings. The zero-order chi connectivity index (χ0) is 19.8. The number of nitrogens with one attached hydrogen (secondary N) is 3. The van der Waals surface area contributed by atoms with E-state index in [1.807, 2.05) is 0 Å². The molecule has 0 saturated heterocycles. The van der Waals surface area contributed by atoms with E-state index in [0.29, 0.717) is 45.1 Å². The zero-order valence-corrected chi connectivity index (χ0v) is 15.2. The molecule has 0 heterocycles. The van der Waals surface area contributed by atoms with Crippen molar-refractivity contribution in [2.24, 2.45) is 17.2 Å². The third kappa shape index (κ3) is 11.5. The molecule has 10 nitrogen and oxygen atoms in total. The van der Waals surface area contributed by atoms with E-state index < -0.39 is 29.8 Å². The molecule has 0 saturated carbocycles. The van der Waals surface area contributed by atoms with Gasteiger partial charge in [0, 0.05) is 0 Å². The van der Waals surface area contributed by atoms with Crippen LogP contribution < -0.4 is 33.2 Å². The first-order valence-electron chi connectivity index (χ1n) is 8.90. The lowest BCUT2D eigenvalue weighted by molar-refractivity contribution is -0.131. The molecule has 0 spiro atoms. The average Bonchev–Trinajstić information content (AvgIpc) is 2.63. The number of unbranched alkanes of at least 4 members (excludes halogenated alkanes) is 2. The van der Waals surface area contributed by atoms with Gasteiger partial charge in [0.05, 0.1) is 19.1 Å². The Morgan fingerprint density at radius 1 is 0.885 bits per heavy atom. The number of hydrogen-bond acceptors (Lipinski definition) is 7. The molecule has 0 radical (unpaired) electrons. The maximum Gasteiger partial charge on any atom is 0.243 e. The fourth-order valence-electron chi connectivity index (χ4n) is 2.19. The second kappa shape index (κ2) is 15.2. The van der Waals surface area contributed by atoms with E-state index in [1.165, 1.54) is 0 Å². The van der Waals surface area contributed by atoms with E-state index in [2.05, 4.69) is 16.0 Å². The van der Waals surface area contributed by atoms with E-state index in [-0.39, 0.29) is 13.1 Å². The van der Waals surface area contributed by atoms with Crippen LogP contribution in [0.5, 0.6) is 0 Å². The molecule has 0 aliphatic heterocycles. The summed E-state index contributed by atoms with van der Waals surface area (Å²) in [5, 5.41) is 7.39. The number of rotatable bonds is 15. The molecule has 150 valence electrons. The van der Waals surface area contributed by atoms with E-state index in [4.69, 9.17) is 17.2 Å². The van der Waals surface area contributed by atoms with Gasteiger partial charge in [-0.2, -0.15) is 0 Å². The van der Waals surface area contributed by atoms with Gasteiger partial charge < -0.3 is 37.9 Å². The highest BCUT2D eigenvalue weighted by atomic mass is 16.2. The molecule has 0 aromatic rings. The molecule has 0 aromatic carbocycles. The van der Waals surface area contributed by atoms with Crippen molar-refractivity contribution in [3.05, 3.63) is 0 Å². The second-order valence-corrected chi connectivity index (χ2v) is 5.93. The molecule has 0 aliphatic carbocycles. The summed E-state index contributed by atoms with van der Waals surface area (Å²) < 4.78 is 0. The van der Waals surface area contributed by atoms with Gasteiger partial charge in [0.2, 0.25) is 17.7 Å². The first-order chi connectivity index (χ1) is 12.5. The summed E-state index contributed by atoms with van der Waals surface area (Å²) in [7, 11) is 0. The fourth-order valence-corrected chi connectivity index (χ4v) is 2.19. The summed E-state index contributed by atoms with van der Waals surface area (Å²) >= 11 is 0. The summed E-state index contributed by atoms with van der Waals surface area (Å²) in [4.78, 5) is 46.1. The lowest BCUT2D eigenvalue weighted by atomic mass is 10.1. The number of aldehydes is 1. The maximum atomic E-state index is 12.3. The van der Waals surface area contributed by atoms with Crippen LogP contribution in [0.25, 0.3) is 0 Å². The van der Waals surface area contributed by atoms with Crippen molar-refractivity contribution in [1.82, 2.24) is 16.0 Å². The Bertz CT molecular complexity index is 446. The van der Waals surface area contributed by atoms with Crippen LogP contribution in [-0.2, 0) is 19.2 Å². The monoisotopic (exact) mass is 372 g/mol. The number of carbonyl (C=O) groups is 4. The Labute approximate surface area is 154 Å². The van der Waals surface area contributed by atoms with Crippen molar-refractivity contribution in [2.45, 2.75) is 50.6 Å². The van der Waals surface area contributed by atoms with Gasteiger partial charge in [-0.05, 0) is 45.2 Å². The van der Waals surface area contributed by atoms with Crippen LogP contribution in [-0.4, -0.2) is 62.3 Å². The zero-order valence-electron chi connectivity index (χ0n) is 15.2. The third-order valence-electron chi connectivity index (χ3n) is 3.69. The van der Waals surface area contributed by atoms with Crippen molar-refractivity contribution in [1.29, 1.82) is 0 Å². The van der Waals surface area contributed by atoms with Gasteiger partial charge >= 0.3 is 0 Å². The number of amides is 3. The highest BCUT2D eigenvalue weighted by Crippen LogP contribution is 2.03. The molecule has 0 rings (SSSR count). The molecule has 10 heteroatoms. The predicted octanol–water partition coefficient (Wildman–Crippen LogP) is -2.51. The smallest absolute Gasteiger partial charge is 0.243 e. The summed E-state index contributed by atoms with van der Waals surface area (Å²) in [6, 6.07) is -1.52. The molecule has 26 heavy (non-hydrogen) atoms. The Balaban J connectivity index is 4.56. The van der Waals surface area contributed by atoms with E-state index in [1.54, 1.807) is 0 Å². The predicted molar refractivity (Wildman–Crippen MR) is 97.8 cm³/mol. The van der Waals surface area contributed by atoms with Crippen LogP contribution in [0.15, 0.2) is 0 Å². The number of hydrogen-bond donors (Lipinski definition) is 6. The summed E-state index contributed by atoms with van der Waals surface area (Å²) in [5.74, 6) is -1.39. The first-order valence-corrected chi connectivity index (χ1v) is 8.90. The Kier molecular flexibility index (Phi) is 14.0. The molecule has 0 aliphatic rings. The average molecular weight is 372 g/mol. The standard InChI is InChI=1S/C16H32N6O4/c17-7-3-1-5-12(19)15(25)22-13(6-2-4-8-18)16(26)21-11-14(24)20-9-10-23/h10,12-13H,1-9,11,17-19H2,(H,20,24)(H,21,26)(H,22,25)/t12-,13-/m0/s1. The topological polar surface area (TPSA) is 182 Å². The lowest BCUT2D eigenvalue weighted by Crippen LogP contribution is -2.52. The van der Waals surface area contributed by atoms with Crippen LogP contribution in [0.4, 0.5) is 0 Å². The third-order valence-corrected chi connectivity index (χ3v) is 3.69. The van der Waals surface area contributed by atoms with Gasteiger partial charge in [0.25, 0.3) is 0 Å². The minimum atomic E-state index is -0.798. The molecule has 0 unspecified atom stereocenters. The van der Waals surface area contributed by atoms with Crippen LogP contribution in [0, 0.1) is 0 Å². The molecule has 2 atom stereocenters. The number of carbonyl (C=O) groups excluding carboxylic acids is 4. The van der Waals surface area contributed by atoms with Crippen LogP contribution in [0.1, 0.15) is 38.5 Å². The Morgan fingerprint density at radius 3 is 2.08 bits per heavy atom. The minimum absolute atomic E-state index is 0.122. The largest absolute Gasteiger partial charge is 0.348 e. The first kappa shape index (κ1) is 24.0. The molecule has 3 amide bonds. The molecule has 0 aromatic heterocycles. The highest BCUT2D eigenvalue weighted by molar-refractivity contribution is 5.91. The second-order valence-electron chi connectivity index (χ2n) is 5.93. The quantitative estimate of drug-likeness (QED) is 0.135. The van der Waals surface area contributed by atoms with Crippen molar-refractivity contribution >= 4 is 24.0 Å². The molecular formula is C16H32N6O4. The Hall–Kier alpha value is -2.04. The van der Waals surface area contributed by atoms with E-state index >= 15 is 0 Å².